The van der Waals surface area contributed by atoms with Crippen molar-refractivity contribution in [1.29, 1.82) is 0 Å². The first-order valence-corrected chi connectivity index (χ1v) is 8.98. The number of likely N-dealkylation sites (tertiary alicyclic amines) is 1. The summed E-state index contributed by atoms with van der Waals surface area (Å²) in [5.74, 6) is -0.0335. The number of nitrogens with zero attached hydrogens (tertiary/aromatic N) is 2. The fraction of sp³-hybridized carbons (Fsp3) is 0.579. The zero-order chi connectivity index (χ0) is 18.4. The van der Waals surface area contributed by atoms with Gasteiger partial charge >= 0.3 is 0 Å². The van der Waals surface area contributed by atoms with E-state index in [0.29, 0.717) is 24.1 Å². The summed E-state index contributed by atoms with van der Waals surface area (Å²) < 4.78 is 0. The summed E-state index contributed by atoms with van der Waals surface area (Å²) in [4.78, 5) is 28.6. The molecule has 1 aromatic carbocycles. The van der Waals surface area contributed by atoms with Crippen molar-refractivity contribution in [3.8, 4) is 0 Å². The number of carbonyl (C=O) groups excluding carboxylic acids is 2. The van der Waals surface area contributed by atoms with E-state index in [0.717, 1.165) is 25.9 Å². The molecule has 1 fully saturated rings. The first-order valence-electron chi connectivity index (χ1n) is 8.98. The van der Waals surface area contributed by atoms with Crippen molar-refractivity contribution in [3.63, 3.8) is 0 Å². The summed E-state index contributed by atoms with van der Waals surface area (Å²) >= 11 is 0. The Morgan fingerprint density at radius 3 is 2.64 bits per heavy atom. The Morgan fingerprint density at radius 1 is 1.36 bits per heavy atom. The molecule has 3 N–H and O–H groups in total. The van der Waals surface area contributed by atoms with Gasteiger partial charge in [0.2, 0.25) is 5.91 Å². The number of likely N-dealkylation sites (N-methyl/N-ethyl adjacent to an activating group) is 2. The van der Waals surface area contributed by atoms with Crippen LogP contribution in [0.2, 0.25) is 0 Å². The van der Waals surface area contributed by atoms with E-state index in [1.54, 1.807) is 24.3 Å². The van der Waals surface area contributed by atoms with Gasteiger partial charge in [-0.15, -0.1) is 0 Å². The number of carbonyl (C=O) groups is 2. The first-order chi connectivity index (χ1) is 11.9. The van der Waals surface area contributed by atoms with Gasteiger partial charge in [0, 0.05) is 43.3 Å². The van der Waals surface area contributed by atoms with Crippen molar-refractivity contribution in [2.45, 2.75) is 44.7 Å². The average Bonchev–Trinajstić information content (AvgIpc) is 2.59. The predicted molar refractivity (Wildman–Crippen MR) is 101 cm³/mol. The number of benzene rings is 1. The van der Waals surface area contributed by atoms with Gasteiger partial charge in [-0.3, -0.25) is 9.59 Å². The maximum atomic E-state index is 12.7. The molecule has 1 aliphatic rings. The standard InChI is InChI=1S/C19H30N4O2/c1-14(20)6-11-18(24)21-16-9-7-15(8-10-16)19(25)23(3)17-5-4-12-22(2)13-17/h7-10,14,17H,4-6,11-13,20H2,1-3H3,(H,21,24). The molecule has 138 valence electrons. The zero-order valence-corrected chi connectivity index (χ0v) is 15.5. The summed E-state index contributed by atoms with van der Waals surface area (Å²) in [6.45, 7) is 3.89. The number of rotatable bonds is 6. The SMILES string of the molecule is CC(N)CCC(=O)Nc1ccc(C(=O)N(C)C2CCCN(C)C2)cc1. The minimum Gasteiger partial charge on any atom is -0.337 e. The van der Waals surface area contributed by atoms with Crippen molar-refractivity contribution in [2.75, 3.05) is 32.5 Å². The predicted octanol–water partition coefficient (Wildman–Crippen LogP) is 1.92. The third-order valence-electron chi connectivity index (χ3n) is 4.71. The van der Waals surface area contributed by atoms with Crippen LogP contribution in [0, 0.1) is 0 Å². The fourth-order valence-electron chi connectivity index (χ4n) is 3.10. The molecule has 0 bridgehead atoms. The van der Waals surface area contributed by atoms with Crippen molar-refractivity contribution in [1.82, 2.24) is 9.80 Å². The van der Waals surface area contributed by atoms with Crippen molar-refractivity contribution in [3.05, 3.63) is 29.8 Å². The molecule has 2 amide bonds. The Balaban J connectivity index is 1.92. The number of hydrogen-bond donors (Lipinski definition) is 2. The molecule has 25 heavy (non-hydrogen) atoms. The third kappa shape index (κ3) is 5.83. The molecule has 2 rings (SSSR count). The number of piperidine rings is 1. The topological polar surface area (TPSA) is 78.7 Å². The summed E-state index contributed by atoms with van der Waals surface area (Å²) in [6, 6.07) is 7.36. The summed E-state index contributed by atoms with van der Waals surface area (Å²) in [5.41, 5.74) is 7.00. The van der Waals surface area contributed by atoms with Gasteiger partial charge in [-0.2, -0.15) is 0 Å². The second kappa shape index (κ2) is 8.97. The average molecular weight is 346 g/mol. The molecule has 1 heterocycles. The van der Waals surface area contributed by atoms with E-state index in [9.17, 15) is 9.59 Å². The summed E-state index contributed by atoms with van der Waals surface area (Å²) in [6.07, 6.45) is 3.21. The maximum Gasteiger partial charge on any atom is 0.253 e. The molecule has 2 unspecified atom stereocenters. The van der Waals surface area contributed by atoms with Gasteiger partial charge in [0.05, 0.1) is 0 Å². The van der Waals surface area contributed by atoms with E-state index < -0.39 is 0 Å². The molecular formula is C19H30N4O2. The Morgan fingerprint density at radius 2 is 2.04 bits per heavy atom. The number of amides is 2. The van der Waals surface area contributed by atoms with Gasteiger partial charge in [0.25, 0.3) is 5.91 Å². The van der Waals surface area contributed by atoms with Gasteiger partial charge in [0.1, 0.15) is 0 Å². The largest absolute Gasteiger partial charge is 0.337 e. The van der Waals surface area contributed by atoms with Crippen molar-refractivity contribution in [2.24, 2.45) is 5.73 Å². The zero-order valence-electron chi connectivity index (χ0n) is 15.5. The molecular weight excluding hydrogens is 316 g/mol. The molecule has 6 heteroatoms. The Hall–Kier alpha value is -1.92. The van der Waals surface area contributed by atoms with E-state index in [4.69, 9.17) is 5.73 Å². The highest BCUT2D eigenvalue weighted by molar-refractivity contribution is 5.95. The highest BCUT2D eigenvalue weighted by Gasteiger charge is 2.25. The van der Waals surface area contributed by atoms with Gasteiger partial charge in [-0.05, 0) is 64.0 Å². The number of nitrogens with one attached hydrogen (secondary N) is 1. The van der Waals surface area contributed by atoms with Crippen LogP contribution in [-0.2, 0) is 4.79 Å². The Kier molecular flexibility index (Phi) is 6.96. The molecule has 6 nitrogen and oxygen atoms in total. The Bertz CT molecular complexity index is 586. The van der Waals surface area contributed by atoms with Crippen LogP contribution in [0.15, 0.2) is 24.3 Å². The molecule has 0 spiro atoms. The van der Waals surface area contributed by atoms with Crippen LogP contribution < -0.4 is 11.1 Å². The van der Waals surface area contributed by atoms with Gasteiger partial charge in [0.15, 0.2) is 0 Å². The van der Waals surface area contributed by atoms with Crippen LogP contribution in [0.1, 0.15) is 43.0 Å². The van der Waals surface area contributed by atoms with Crippen molar-refractivity contribution < 1.29 is 9.59 Å². The monoisotopic (exact) mass is 346 g/mol. The second-order valence-corrected chi connectivity index (χ2v) is 7.12. The summed E-state index contributed by atoms with van der Waals surface area (Å²) in [7, 11) is 3.96. The quantitative estimate of drug-likeness (QED) is 0.825. The maximum absolute atomic E-state index is 12.7. The summed E-state index contributed by atoms with van der Waals surface area (Å²) in [5, 5.41) is 2.84. The molecule has 1 aromatic rings. The van der Waals surface area contributed by atoms with E-state index >= 15 is 0 Å². The van der Waals surface area contributed by atoms with E-state index in [2.05, 4.69) is 17.3 Å². The van der Waals surface area contributed by atoms with Crippen LogP contribution in [0.25, 0.3) is 0 Å². The van der Waals surface area contributed by atoms with Crippen LogP contribution >= 0.6 is 0 Å². The van der Waals surface area contributed by atoms with E-state index in [1.165, 1.54) is 0 Å². The Labute approximate surface area is 150 Å². The van der Waals surface area contributed by atoms with Gasteiger partial charge in [-0.1, -0.05) is 0 Å². The number of nitrogens with two attached hydrogens (primary N) is 1. The minimum atomic E-state index is -0.0567. The second-order valence-electron chi connectivity index (χ2n) is 7.12. The number of hydrogen-bond acceptors (Lipinski definition) is 4. The third-order valence-corrected chi connectivity index (χ3v) is 4.71. The lowest BCUT2D eigenvalue weighted by molar-refractivity contribution is -0.116. The van der Waals surface area contributed by atoms with Crippen molar-refractivity contribution >= 4 is 17.5 Å². The molecule has 0 aromatic heterocycles. The molecule has 1 aliphatic heterocycles. The smallest absolute Gasteiger partial charge is 0.253 e. The molecule has 2 atom stereocenters. The highest BCUT2D eigenvalue weighted by atomic mass is 16.2. The molecule has 0 saturated carbocycles. The molecule has 0 aliphatic carbocycles. The normalized spacial score (nSPS) is 19.3. The minimum absolute atomic E-state index is 0.0140. The van der Waals surface area contributed by atoms with Crippen LogP contribution in [0.3, 0.4) is 0 Å². The van der Waals surface area contributed by atoms with Crippen LogP contribution in [-0.4, -0.2) is 60.9 Å². The molecule has 1 saturated heterocycles. The lowest BCUT2D eigenvalue weighted by Crippen LogP contribution is -2.47. The van der Waals surface area contributed by atoms with Gasteiger partial charge in [-0.25, -0.2) is 0 Å². The van der Waals surface area contributed by atoms with Crippen LogP contribution in [0.5, 0.6) is 0 Å². The van der Waals surface area contributed by atoms with Gasteiger partial charge < -0.3 is 20.9 Å². The first kappa shape index (κ1) is 19.4. The highest BCUT2D eigenvalue weighted by Crippen LogP contribution is 2.17. The fourth-order valence-corrected chi connectivity index (χ4v) is 3.10. The van der Waals surface area contributed by atoms with E-state index in [-0.39, 0.29) is 23.9 Å². The van der Waals surface area contributed by atoms with Crippen LogP contribution in [0.4, 0.5) is 5.69 Å². The number of anilines is 1. The molecule has 0 radical (unpaired) electrons. The van der Waals surface area contributed by atoms with E-state index in [1.807, 2.05) is 18.9 Å². The lowest BCUT2D eigenvalue weighted by Gasteiger charge is -2.35. The lowest BCUT2D eigenvalue weighted by atomic mass is 10.0.